The molecule has 1 unspecified atom stereocenters. The molecule has 1 fully saturated rings. The van der Waals surface area contributed by atoms with Crippen LogP contribution in [-0.4, -0.2) is 34.4 Å². The third-order valence-electron chi connectivity index (χ3n) is 4.32. The predicted octanol–water partition coefficient (Wildman–Crippen LogP) is 2.37. The Kier molecular flexibility index (Phi) is 5.40. The van der Waals surface area contributed by atoms with Crippen molar-refractivity contribution in [2.45, 2.75) is 58.9 Å². The van der Waals surface area contributed by atoms with E-state index in [0.717, 1.165) is 30.5 Å². The summed E-state index contributed by atoms with van der Waals surface area (Å²) in [5.74, 6) is 0.309. The molecular formula is C17H26N2O3. The van der Waals surface area contributed by atoms with Crippen LogP contribution in [0.1, 0.15) is 71.6 Å². The monoisotopic (exact) mass is 306 g/mol. The number of aromatic nitrogens is 1. The minimum Gasteiger partial charge on any atom is -0.396 e. The minimum atomic E-state index is -0.163. The van der Waals surface area contributed by atoms with E-state index in [4.69, 9.17) is 5.11 Å². The number of aliphatic hydroxyl groups excluding tert-OH is 1. The van der Waals surface area contributed by atoms with Gasteiger partial charge in [-0.3, -0.25) is 9.59 Å². The van der Waals surface area contributed by atoms with Crippen molar-refractivity contribution in [3.63, 3.8) is 0 Å². The molecule has 0 aliphatic heterocycles. The first-order chi connectivity index (χ1) is 10.5. The minimum absolute atomic E-state index is 0.00893. The molecule has 5 nitrogen and oxygen atoms in total. The van der Waals surface area contributed by atoms with Gasteiger partial charge in [0.2, 0.25) is 0 Å². The van der Waals surface area contributed by atoms with E-state index in [9.17, 15) is 9.59 Å². The summed E-state index contributed by atoms with van der Waals surface area (Å²) in [6, 6.07) is 0.0244. The predicted molar refractivity (Wildman–Crippen MR) is 85.2 cm³/mol. The number of aromatic amines is 1. The highest BCUT2D eigenvalue weighted by molar-refractivity contribution is 6.02. The Bertz CT molecular complexity index is 558. The van der Waals surface area contributed by atoms with E-state index in [-0.39, 0.29) is 24.3 Å². The van der Waals surface area contributed by atoms with Crippen LogP contribution in [0.25, 0.3) is 0 Å². The second-order valence-corrected chi connectivity index (χ2v) is 6.21. The molecule has 1 aromatic rings. The highest BCUT2D eigenvalue weighted by atomic mass is 16.3. The van der Waals surface area contributed by atoms with Gasteiger partial charge in [0.25, 0.3) is 5.91 Å². The highest BCUT2D eigenvalue weighted by Crippen LogP contribution is 2.34. The molecule has 22 heavy (non-hydrogen) atoms. The molecule has 1 saturated carbocycles. The molecule has 122 valence electrons. The van der Waals surface area contributed by atoms with Gasteiger partial charge in [0, 0.05) is 23.9 Å². The first-order valence-corrected chi connectivity index (χ1v) is 8.13. The number of carbonyl (C=O) groups is 2. The van der Waals surface area contributed by atoms with Gasteiger partial charge >= 0.3 is 0 Å². The first kappa shape index (κ1) is 16.7. The fourth-order valence-corrected chi connectivity index (χ4v) is 3.15. The van der Waals surface area contributed by atoms with E-state index < -0.39 is 0 Å². The van der Waals surface area contributed by atoms with Gasteiger partial charge in [-0.25, -0.2) is 0 Å². The SMILES string of the molecule is CCCc1c(C(=O)NC(CCO)C2CC2)[nH]c(C)c1C(C)=O. The van der Waals surface area contributed by atoms with Crippen molar-refractivity contribution in [3.05, 3.63) is 22.5 Å². The number of amides is 1. The van der Waals surface area contributed by atoms with Crippen LogP contribution in [0.3, 0.4) is 0 Å². The van der Waals surface area contributed by atoms with Crippen LogP contribution in [0.5, 0.6) is 0 Å². The summed E-state index contributed by atoms with van der Waals surface area (Å²) in [4.78, 5) is 27.6. The fourth-order valence-electron chi connectivity index (χ4n) is 3.15. The Balaban J connectivity index is 2.24. The second kappa shape index (κ2) is 7.09. The third kappa shape index (κ3) is 3.58. The number of nitrogens with one attached hydrogen (secondary N) is 2. The number of Topliss-reactive ketones (excluding diaryl/α,β-unsaturated/α-hetero) is 1. The van der Waals surface area contributed by atoms with Crippen molar-refractivity contribution in [3.8, 4) is 0 Å². The quantitative estimate of drug-likeness (QED) is 0.645. The standard InChI is InChI=1S/C17H26N2O3/c1-4-5-13-15(11(3)21)10(2)18-16(13)17(22)19-14(8-9-20)12-6-7-12/h12,14,18,20H,4-9H2,1-3H3,(H,19,22). The normalized spacial score (nSPS) is 15.6. The van der Waals surface area contributed by atoms with Gasteiger partial charge in [-0.05, 0) is 51.0 Å². The molecule has 1 atom stereocenters. The van der Waals surface area contributed by atoms with Crippen molar-refractivity contribution < 1.29 is 14.7 Å². The van der Waals surface area contributed by atoms with Crippen molar-refractivity contribution >= 4 is 11.7 Å². The molecule has 1 aliphatic rings. The molecule has 0 saturated heterocycles. The summed E-state index contributed by atoms with van der Waals surface area (Å²) in [6.07, 6.45) is 4.37. The van der Waals surface area contributed by atoms with Crippen LogP contribution in [0.15, 0.2) is 0 Å². The van der Waals surface area contributed by atoms with Crippen LogP contribution in [-0.2, 0) is 6.42 Å². The zero-order chi connectivity index (χ0) is 16.3. The molecule has 1 heterocycles. The molecule has 2 rings (SSSR count). The zero-order valence-corrected chi connectivity index (χ0v) is 13.7. The summed E-state index contributed by atoms with van der Waals surface area (Å²) in [7, 11) is 0. The summed E-state index contributed by atoms with van der Waals surface area (Å²) in [5, 5.41) is 12.2. The molecule has 3 N–H and O–H groups in total. The molecule has 1 aliphatic carbocycles. The summed E-state index contributed by atoms with van der Waals surface area (Å²) in [5.41, 5.74) is 2.74. The molecule has 0 spiro atoms. The van der Waals surface area contributed by atoms with Crippen LogP contribution in [0.2, 0.25) is 0 Å². The zero-order valence-electron chi connectivity index (χ0n) is 13.7. The molecule has 0 bridgehead atoms. The van der Waals surface area contributed by atoms with Gasteiger partial charge in [0.05, 0.1) is 0 Å². The van der Waals surface area contributed by atoms with Gasteiger partial charge in [-0.15, -0.1) is 0 Å². The van der Waals surface area contributed by atoms with Gasteiger partial charge < -0.3 is 15.4 Å². The summed E-state index contributed by atoms with van der Waals surface area (Å²) >= 11 is 0. The van der Waals surface area contributed by atoms with Crippen molar-refractivity contribution in [2.24, 2.45) is 5.92 Å². The number of rotatable bonds is 8. The average Bonchev–Trinajstić information content (AvgIpc) is 3.23. The number of aliphatic hydroxyl groups is 1. The fraction of sp³-hybridized carbons (Fsp3) is 0.647. The maximum Gasteiger partial charge on any atom is 0.268 e. The summed E-state index contributed by atoms with van der Waals surface area (Å²) in [6.45, 7) is 5.48. The second-order valence-electron chi connectivity index (χ2n) is 6.21. The Morgan fingerprint density at radius 2 is 2.09 bits per heavy atom. The van der Waals surface area contributed by atoms with E-state index in [1.807, 2.05) is 13.8 Å². The number of ketones is 1. The average molecular weight is 306 g/mol. The molecule has 1 amide bonds. The van der Waals surface area contributed by atoms with E-state index in [1.54, 1.807) is 0 Å². The van der Waals surface area contributed by atoms with Gasteiger partial charge in [-0.1, -0.05) is 13.3 Å². The maximum atomic E-state index is 12.6. The Morgan fingerprint density at radius 1 is 1.41 bits per heavy atom. The lowest BCUT2D eigenvalue weighted by Gasteiger charge is -2.17. The number of hydrogen-bond acceptors (Lipinski definition) is 3. The topological polar surface area (TPSA) is 82.2 Å². The lowest BCUT2D eigenvalue weighted by Crippen LogP contribution is -2.37. The largest absolute Gasteiger partial charge is 0.396 e. The Morgan fingerprint density at radius 3 is 2.59 bits per heavy atom. The number of hydrogen-bond donors (Lipinski definition) is 3. The van der Waals surface area contributed by atoms with Crippen LogP contribution >= 0.6 is 0 Å². The molecular weight excluding hydrogens is 280 g/mol. The lowest BCUT2D eigenvalue weighted by atomic mass is 10.0. The van der Waals surface area contributed by atoms with E-state index in [1.165, 1.54) is 6.92 Å². The van der Waals surface area contributed by atoms with Crippen molar-refractivity contribution in [1.82, 2.24) is 10.3 Å². The van der Waals surface area contributed by atoms with Gasteiger partial charge in [0.15, 0.2) is 5.78 Å². The first-order valence-electron chi connectivity index (χ1n) is 8.13. The Hall–Kier alpha value is -1.62. The smallest absolute Gasteiger partial charge is 0.268 e. The van der Waals surface area contributed by atoms with Crippen LogP contribution in [0.4, 0.5) is 0 Å². The molecule has 0 aromatic carbocycles. The summed E-state index contributed by atoms with van der Waals surface area (Å²) < 4.78 is 0. The van der Waals surface area contributed by atoms with Crippen molar-refractivity contribution in [1.29, 1.82) is 0 Å². The van der Waals surface area contributed by atoms with E-state index in [2.05, 4.69) is 10.3 Å². The molecule has 5 heteroatoms. The van der Waals surface area contributed by atoms with Gasteiger partial charge in [-0.2, -0.15) is 0 Å². The van der Waals surface area contributed by atoms with E-state index in [0.29, 0.717) is 30.0 Å². The third-order valence-corrected chi connectivity index (χ3v) is 4.32. The van der Waals surface area contributed by atoms with Gasteiger partial charge in [0.1, 0.15) is 5.69 Å². The maximum absolute atomic E-state index is 12.6. The van der Waals surface area contributed by atoms with Crippen LogP contribution < -0.4 is 5.32 Å². The Labute approximate surface area is 131 Å². The number of aryl methyl sites for hydroxylation is 1. The van der Waals surface area contributed by atoms with E-state index >= 15 is 0 Å². The molecule has 0 radical (unpaired) electrons. The van der Waals surface area contributed by atoms with Crippen molar-refractivity contribution in [2.75, 3.05) is 6.61 Å². The highest BCUT2D eigenvalue weighted by Gasteiger charge is 2.33. The van der Waals surface area contributed by atoms with Crippen LogP contribution in [0, 0.1) is 12.8 Å². The number of carbonyl (C=O) groups excluding carboxylic acids is 2. The number of H-pyrrole nitrogens is 1. The molecule has 1 aromatic heterocycles. The lowest BCUT2D eigenvalue weighted by molar-refractivity contribution is 0.0918.